The first-order chi connectivity index (χ1) is 9.74. The highest BCUT2D eigenvalue weighted by atomic mass is 19.1. The van der Waals surface area contributed by atoms with Crippen molar-refractivity contribution in [3.05, 3.63) is 59.4 Å². The average Bonchev–Trinajstić information content (AvgIpc) is 2.47. The predicted molar refractivity (Wildman–Crippen MR) is 75.3 cm³/mol. The number of quaternary nitrogens is 1. The fourth-order valence-corrected chi connectivity index (χ4v) is 2.00. The van der Waals surface area contributed by atoms with Crippen molar-refractivity contribution in [2.45, 2.75) is 13.2 Å². The molecule has 0 bridgehead atoms. The van der Waals surface area contributed by atoms with Crippen molar-refractivity contribution >= 4 is 0 Å². The lowest BCUT2D eigenvalue weighted by atomic mass is 10.1. The molecular weight excluding hydrogens is 257 g/mol. The van der Waals surface area contributed by atoms with Gasteiger partial charge in [0.25, 0.3) is 0 Å². The molecule has 106 valence electrons. The standard InChI is InChI=1S/C16H18FNO2/c1-18-10-13-4-3-5-15(19-2)16(13)20-11-12-6-8-14(17)9-7-12/h3-9,18H,10-11H2,1-2H3/p+1. The molecule has 0 saturated heterocycles. The summed E-state index contributed by atoms with van der Waals surface area (Å²) in [6, 6.07) is 12.1. The normalized spacial score (nSPS) is 10.3. The number of halogens is 1. The smallest absolute Gasteiger partial charge is 0.170 e. The Labute approximate surface area is 118 Å². The van der Waals surface area contributed by atoms with Gasteiger partial charge in [-0.15, -0.1) is 0 Å². The molecule has 0 saturated carbocycles. The van der Waals surface area contributed by atoms with Crippen molar-refractivity contribution < 1.29 is 19.2 Å². The molecule has 3 nitrogen and oxygen atoms in total. The summed E-state index contributed by atoms with van der Waals surface area (Å²) in [6.45, 7) is 1.20. The van der Waals surface area contributed by atoms with Gasteiger partial charge in [-0.1, -0.05) is 18.2 Å². The molecule has 0 amide bonds. The summed E-state index contributed by atoms with van der Waals surface area (Å²) in [6.07, 6.45) is 0. The highest BCUT2D eigenvalue weighted by Crippen LogP contribution is 2.31. The maximum absolute atomic E-state index is 12.9. The number of methoxy groups -OCH3 is 1. The van der Waals surface area contributed by atoms with E-state index in [1.165, 1.54) is 12.1 Å². The highest BCUT2D eigenvalue weighted by Gasteiger charge is 2.11. The van der Waals surface area contributed by atoms with Gasteiger partial charge in [0.2, 0.25) is 0 Å². The van der Waals surface area contributed by atoms with E-state index in [1.807, 2.05) is 25.2 Å². The summed E-state index contributed by atoms with van der Waals surface area (Å²) in [5, 5.41) is 2.07. The predicted octanol–water partition coefficient (Wildman–Crippen LogP) is 2.11. The van der Waals surface area contributed by atoms with Crippen molar-refractivity contribution in [2.75, 3.05) is 14.2 Å². The van der Waals surface area contributed by atoms with Crippen molar-refractivity contribution in [1.29, 1.82) is 0 Å². The van der Waals surface area contributed by atoms with Crippen molar-refractivity contribution in [2.24, 2.45) is 0 Å². The van der Waals surface area contributed by atoms with Crippen LogP contribution in [-0.2, 0) is 13.2 Å². The van der Waals surface area contributed by atoms with Gasteiger partial charge in [0, 0.05) is 0 Å². The van der Waals surface area contributed by atoms with E-state index in [2.05, 4.69) is 5.32 Å². The third-order valence-corrected chi connectivity index (χ3v) is 3.00. The molecule has 2 rings (SSSR count). The molecule has 0 aromatic heterocycles. The molecule has 0 radical (unpaired) electrons. The molecule has 0 spiro atoms. The van der Waals surface area contributed by atoms with Crippen molar-refractivity contribution in [3.8, 4) is 11.5 Å². The molecule has 0 unspecified atom stereocenters. The molecule has 0 heterocycles. The second kappa shape index (κ2) is 6.91. The molecule has 2 aromatic rings. The van der Waals surface area contributed by atoms with E-state index in [4.69, 9.17) is 9.47 Å². The van der Waals surface area contributed by atoms with Gasteiger partial charge < -0.3 is 14.8 Å². The Balaban J connectivity index is 2.16. The SMILES string of the molecule is C[NH2+]Cc1cccc(OC)c1OCc1ccc(F)cc1. The maximum Gasteiger partial charge on any atom is 0.170 e. The monoisotopic (exact) mass is 276 g/mol. The lowest BCUT2D eigenvalue weighted by molar-refractivity contribution is -0.643. The van der Waals surface area contributed by atoms with Gasteiger partial charge in [-0.05, 0) is 29.8 Å². The largest absolute Gasteiger partial charge is 0.493 e. The van der Waals surface area contributed by atoms with Gasteiger partial charge in [-0.2, -0.15) is 0 Å². The Bertz CT molecular complexity index is 555. The van der Waals surface area contributed by atoms with E-state index in [0.29, 0.717) is 12.4 Å². The number of hydrogen-bond donors (Lipinski definition) is 1. The van der Waals surface area contributed by atoms with Gasteiger partial charge in [0.05, 0.1) is 19.7 Å². The van der Waals surface area contributed by atoms with Crippen LogP contribution in [0.15, 0.2) is 42.5 Å². The topological polar surface area (TPSA) is 35.1 Å². The van der Waals surface area contributed by atoms with Crippen LogP contribution in [0.3, 0.4) is 0 Å². The third kappa shape index (κ3) is 3.48. The zero-order valence-electron chi connectivity index (χ0n) is 11.7. The van der Waals surface area contributed by atoms with Gasteiger partial charge in [0.15, 0.2) is 11.5 Å². The van der Waals surface area contributed by atoms with Gasteiger partial charge in [-0.3, -0.25) is 0 Å². The van der Waals surface area contributed by atoms with Crippen LogP contribution in [0.1, 0.15) is 11.1 Å². The van der Waals surface area contributed by atoms with Gasteiger partial charge in [-0.25, -0.2) is 4.39 Å². The molecule has 20 heavy (non-hydrogen) atoms. The van der Waals surface area contributed by atoms with Crippen molar-refractivity contribution in [3.63, 3.8) is 0 Å². The number of hydrogen-bond acceptors (Lipinski definition) is 2. The molecule has 0 atom stereocenters. The summed E-state index contributed by atoms with van der Waals surface area (Å²) >= 11 is 0. The highest BCUT2D eigenvalue weighted by molar-refractivity contribution is 5.46. The minimum atomic E-state index is -0.243. The summed E-state index contributed by atoms with van der Waals surface area (Å²) < 4.78 is 24.1. The van der Waals surface area contributed by atoms with E-state index in [0.717, 1.165) is 23.4 Å². The van der Waals surface area contributed by atoms with Crippen molar-refractivity contribution in [1.82, 2.24) is 0 Å². The fourth-order valence-electron chi connectivity index (χ4n) is 2.00. The first-order valence-electron chi connectivity index (χ1n) is 6.55. The van der Waals surface area contributed by atoms with E-state index < -0.39 is 0 Å². The molecule has 0 aliphatic carbocycles. The fraction of sp³-hybridized carbons (Fsp3) is 0.250. The third-order valence-electron chi connectivity index (χ3n) is 3.00. The minimum absolute atomic E-state index is 0.243. The Hall–Kier alpha value is -2.07. The second-order valence-electron chi connectivity index (χ2n) is 4.48. The molecule has 0 aliphatic heterocycles. The van der Waals surface area contributed by atoms with Crippen LogP contribution in [0, 0.1) is 5.82 Å². The zero-order chi connectivity index (χ0) is 14.4. The van der Waals surface area contributed by atoms with E-state index in [9.17, 15) is 4.39 Å². The van der Waals surface area contributed by atoms with Crippen LogP contribution in [0.25, 0.3) is 0 Å². The average molecular weight is 276 g/mol. The number of rotatable bonds is 6. The Morgan fingerprint density at radius 1 is 1.10 bits per heavy atom. The molecular formula is C16H19FNO2+. The van der Waals surface area contributed by atoms with Crippen LogP contribution in [-0.4, -0.2) is 14.2 Å². The zero-order valence-corrected chi connectivity index (χ0v) is 11.7. The van der Waals surface area contributed by atoms with Gasteiger partial charge in [0.1, 0.15) is 19.0 Å². The molecule has 4 heteroatoms. The van der Waals surface area contributed by atoms with E-state index in [1.54, 1.807) is 19.2 Å². The van der Waals surface area contributed by atoms with Crippen LogP contribution >= 0.6 is 0 Å². The number of para-hydroxylation sites is 1. The van der Waals surface area contributed by atoms with Crippen LogP contribution in [0.5, 0.6) is 11.5 Å². The van der Waals surface area contributed by atoms with Crippen LogP contribution < -0.4 is 14.8 Å². The summed E-state index contributed by atoms with van der Waals surface area (Å²) in [5.41, 5.74) is 2.00. The van der Waals surface area contributed by atoms with Gasteiger partial charge >= 0.3 is 0 Å². The Morgan fingerprint density at radius 3 is 2.50 bits per heavy atom. The number of nitrogens with two attached hydrogens (primary N) is 1. The minimum Gasteiger partial charge on any atom is -0.493 e. The maximum atomic E-state index is 12.9. The van der Waals surface area contributed by atoms with Crippen LogP contribution in [0.4, 0.5) is 4.39 Å². The molecule has 2 N–H and O–H groups in total. The molecule has 0 fully saturated rings. The number of ether oxygens (including phenoxy) is 2. The van der Waals surface area contributed by atoms with Crippen LogP contribution in [0.2, 0.25) is 0 Å². The van der Waals surface area contributed by atoms with E-state index >= 15 is 0 Å². The quantitative estimate of drug-likeness (QED) is 0.877. The second-order valence-corrected chi connectivity index (χ2v) is 4.48. The Morgan fingerprint density at radius 2 is 1.85 bits per heavy atom. The lowest BCUT2D eigenvalue weighted by Crippen LogP contribution is -2.77. The van der Waals surface area contributed by atoms with E-state index in [-0.39, 0.29) is 5.82 Å². The molecule has 2 aromatic carbocycles. The Kier molecular flexibility index (Phi) is 4.96. The first-order valence-corrected chi connectivity index (χ1v) is 6.55. The summed E-state index contributed by atoms with van der Waals surface area (Å²) in [5.74, 6) is 1.22. The first kappa shape index (κ1) is 14.3. The lowest BCUT2D eigenvalue weighted by Gasteiger charge is -2.14. The summed E-state index contributed by atoms with van der Waals surface area (Å²) in [4.78, 5) is 0. The summed E-state index contributed by atoms with van der Waals surface area (Å²) in [7, 11) is 3.63. The molecule has 0 aliphatic rings. The number of benzene rings is 2.